The maximum atomic E-state index is 5.69. The molecule has 0 aliphatic rings. The maximum absolute atomic E-state index is 5.69. The fourth-order valence-electron chi connectivity index (χ4n) is 0.912. The third-order valence-corrected chi connectivity index (χ3v) is 3.98. The van der Waals surface area contributed by atoms with Gasteiger partial charge in [-0.2, -0.15) is 0 Å². The first kappa shape index (κ1) is 13.0. The van der Waals surface area contributed by atoms with Crippen molar-refractivity contribution in [3.05, 3.63) is 0 Å². The molecule has 12 heavy (non-hydrogen) atoms. The first-order chi connectivity index (χ1) is 5.36. The molecule has 0 aliphatic heterocycles. The Morgan fingerprint density at radius 1 is 1.25 bits per heavy atom. The molecule has 0 saturated heterocycles. The first-order valence-electron chi connectivity index (χ1n) is 4.13. The Bertz CT molecular complexity index is 126. The quantitative estimate of drug-likeness (QED) is 0.511. The van der Waals surface area contributed by atoms with Crippen molar-refractivity contribution in [1.29, 1.82) is 0 Å². The summed E-state index contributed by atoms with van der Waals surface area (Å²) in [6, 6.07) is 0. The third-order valence-electron chi connectivity index (χ3n) is 1.85. The van der Waals surface area contributed by atoms with E-state index in [1.807, 2.05) is 0 Å². The summed E-state index contributed by atoms with van der Waals surface area (Å²) in [4.78, 5) is 0. The second-order valence-corrected chi connectivity index (χ2v) is 7.41. The SMILES string of the molecule is CP(C)CCCC(C)(C)N(Cl)Cl. The molecule has 0 aromatic rings. The normalized spacial score (nSPS) is 13.0. The molecule has 0 fully saturated rings. The van der Waals surface area contributed by atoms with Gasteiger partial charge in [0, 0.05) is 5.54 Å². The summed E-state index contributed by atoms with van der Waals surface area (Å²) < 4.78 is 1.26. The summed E-state index contributed by atoms with van der Waals surface area (Å²) in [6.45, 7) is 8.70. The molecule has 0 saturated carbocycles. The molecule has 0 rings (SSSR count). The second-order valence-electron chi connectivity index (χ2n) is 3.95. The highest BCUT2D eigenvalue weighted by molar-refractivity contribution is 7.55. The largest absolute Gasteiger partial charge is 0.126 e. The van der Waals surface area contributed by atoms with Crippen LogP contribution < -0.4 is 0 Å². The average molecular weight is 230 g/mol. The smallest absolute Gasteiger partial charge is 0.0470 e. The van der Waals surface area contributed by atoms with Crippen molar-refractivity contribution in [3.63, 3.8) is 0 Å². The molecule has 0 spiro atoms. The number of rotatable bonds is 5. The van der Waals surface area contributed by atoms with Crippen LogP contribution in [0.5, 0.6) is 0 Å². The van der Waals surface area contributed by atoms with Crippen molar-refractivity contribution >= 4 is 31.5 Å². The molecule has 0 atom stereocenters. The van der Waals surface area contributed by atoms with E-state index in [9.17, 15) is 0 Å². The minimum absolute atomic E-state index is 0.0888. The molecule has 0 bridgehead atoms. The van der Waals surface area contributed by atoms with Crippen LogP contribution in [0.25, 0.3) is 0 Å². The van der Waals surface area contributed by atoms with Crippen LogP contribution in [-0.2, 0) is 0 Å². The molecule has 0 heterocycles. The molecule has 0 amide bonds. The van der Waals surface area contributed by atoms with Crippen molar-refractivity contribution in [1.82, 2.24) is 3.94 Å². The Labute approximate surface area is 87.4 Å². The summed E-state index contributed by atoms with van der Waals surface area (Å²) in [5, 5.41) is 0. The van der Waals surface area contributed by atoms with E-state index in [-0.39, 0.29) is 13.5 Å². The highest BCUT2D eigenvalue weighted by Gasteiger charge is 2.23. The van der Waals surface area contributed by atoms with E-state index in [4.69, 9.17) is 23.6 Å². The van der Waals surface area contributed by atoms with Crippen LogP contribution in [0, 0.1) is 0 Å². The van der Waals surface area contributed by atoms with Gasteiger partial charge >= 0.3 is 0 Å². The average Bonchev–Trinajstić information content (AvgIpc) is 1.85. The van der Waals surface area contributed by atoms with Crippen LogP contribution in [0.1, 0.15) is 26.7 Å². The Morgan fingerprint density at radius 2 is 1.75 bits per heavy atom. The fraction of sp³-hybridized carbons (Fsp3) is 1.00. The molecule has 0 unspecified atom stereocenters. The lowest BCUT2D eigenvalue weighted by atomic mass is 10.0. The second kappa shape index (κ2) is 5.65. The van der Waals surface area contributed by atoms with Crippen LogP contribution in [-0.4, -0.2) is 29.0 Å². The van der Waals surface area contributed by atoms with Gasteiger partial charge in [0.1, 0.15) is 0 Å². The summed E-state index contributed by atoms with van der Waals surface area (Å²) in [5.41, 5.74) is -0.0888. The molecule has 4 heteroatoms. The molecule has 0 N–H and O–H groups in total. The molecule has 0 aromatic heterocycles. The fourth-order valence-corrected chi connectivity index (χ4v) is 1.87. The molecule has 1 nitrogen and oxygen atoms in total. The molecular formula is C8H18Cl2NP. The van der Waals surface area contributed by atoms with Crippen LogP contribution in [0.3, 0.4) is 0 Å². The van der Waals surface area contributed by atoms with Crippen LogP contribution >= 0.6 is 31.5 Å². The zero-order chi connectivity index (χ0) is 9.78. The van der Waals surface area contributed by atoms with E-state index in [2.05, 4.69) is 27.2 Å². The van der Waals surface area contributed by atoms with Gasteiger partial charge in [0.25, 0.3) is 0 Å². The highest BCUT2D eigenvalue weighted by atomic mass is 35.5. The first-order valence-corrected chi connectivity index (χ1v) is 7.22. The lowest BCUT2D eigenvalue weighted by molar-refractivity contribution is 0.325. The van der Waals surface area contributed by atoms with Gasteiger partial charge in [0.05, 0.1) is 0 Å². The van der Waals surface area contributed by atoms with E-state index in [1.165, 1.54) is 16.5 Å². The highest BCUT2D eigenvalue weighted by Crippen LogP contribution is 2.30. The van der Waals surface area contributed by atoms with Gasteiger partial charge in [-0.1, -0.05) is 0 Å². The Balaban J connectivity index is 3.61. The van der Waals surface area contributed by atoms with Crippen LogP contribution in [0.4, 0.5) is 0 Å². The topological polar surface area (TPSA) is 3.24 Å². The molecular weight excluding hydrogens is 212 g/mol. The van der Waals surface area contributed by atoms with Gasteiger partial charge in [-0.25, -0.2) is 0 Å². The van der Waals surface area contributed by atoms with E-state index in [1.54, 1.807) is 0 Å². The lowest BCUT2D eigenvalue weighted by Crippen LogP contribution is -2.30. The molecule has 0 aliphatic carbocycles. The van der Waals surface area contributed by atoms with Gasteiger partial charge in [-0.05, 0) is 69.7 Å². The zero-order valence-electron chi connectivity index (χ0n) is 8.27. The van der Waals surface area contributed by atoms with E-state index in [0.717, 1.165) is 6.42 Å². The summed E-state index contributed by atoms with van der Waals surface area (Å²) in [6.07, 6.45) is 3.57. The van der Waals surface area contributed by atoms with Crippen molar-refractivity contribution in [3.8, 4) is 0 Å². The monoisotopic (exact) mass is 229 g/mol. The molecule has 74 valence electrons. The van der Waals surface area contributed by atoms with E-state index in [0.29, 0.717) is 0 Å². The molecule has 0 aromatic carbocycles. The van der Waals surface area contributed by atoms with Gasteiger partial charge in [0.2, 0.25) is 0 Å². The maximum Gasteiger partial charge on any atom is 0.0470 e. The standard InChI is InChI=1S/C8H18Cl2NP/c1-8(2,11(9)10)6-5-7-12(3)4/h5-7H2,1-4H3. The van der Waals surface area contributed by atoms with Crippen molar-refractivity contribution in [2.45, 2.75) is 32.2 Å². The number of nitrogens with zero attached hydrogens (tertiary/aromatic N) is 1. The minimum atomic E-state index is -0.0888. The lowest BCUT2D eigenvalue weighted by Gasteiger charge is -2.27. The summed E-state index contributed by atoms with van der Waals surface area (Å²) in [7, 11) is 0.223. The predicted octanol–water partition coefficient (Wildman–Crippen LogP) is 3.90. The van der Waals surface area contributed by atoms with E-state index >= 15 is 0 Å². The summed E-state index contributed by atoms with van der Waals surface area (Å²) in [5.74, 6) is 0. The van der Waals surface area contributed by atoms with E-state index < -0.39 is 0 Å². The van der Waals surface area contributed by atoms with Crippen LogP contribution in [0.2, 0.25) is 0 Å². The number of hydrogen-bond donors (Lipinski definition) is 0. The van der Waals surface area contributed by atoms with Crippen molar-refractivity contribution < 1.29 is 0 Å². The van der Waals surface area contributed by atoms with Gasteiger partial charge in [-0.3, -0.25) is 0 Å². The van der Waals surface area contributed by atoms with Crippen molar-refractivity contribution in [2.75, 3.05) is 19.5 Å². The minimum Gasteiger partial charge on any atom is -0.126 e. The van der Waals surface area contributed by atoms with Crippen molar-refractivity contribution in [2.24, 2.45) is 0 Å². The van der Waals surface area contributed by atoms with Gasteiger partial charge in [-0.15, -0.1) is 11.9 Å². The zero-order valence-corrected chi connectivity index (χ0v) is 10.7. The Kier molecular flexibility index (Phi) is 6.10. The Morgan fingerprint density at radius 3 is 2.08 bits per heavy atom. The van der Waals surface area contributed by atoms with Gasteiger partial charge in [0.15, 0.2) is 0 Å². The van der Waals surface area contributed by atoms with Gasteiger partial charge < -0.3 is 0 Å². The molecule has 0 radical (unpaired) electrons. The third kappa shape index (κ3) is 5.59. The number of hydrogen-bond acceptors (Lipinski definition) is 1. The predicted molar refractivity (Wildman–Crippen MR) is 60.5 cm³/mol. The summed E-state index contributed by atoms with van der Waals surface area (Å²) >= 11 is 11.4. The van der Waals surface area contributed by atoms with Crippen LogP contribution in [0.15, 0.2) is 0 Å². The number of halogens is 2. The Hall–Kier alpha value is 0.970.